The standard InChI is InChI=1S/C15H18N2/c1-16-15(14-10-6-3-7-11-14)17-12-13-8-4-2-5-9-13/h2-11,15-17H,12H2,1H3. The Morgan fingerprint density at radius 3 is 2.06 bits per heavy atom. The summed E-state index contributed by atoms with van der Waals surface area (Å²) in [7, 11) is 1.97. The fourth-order valence-corrected chi connectivity index (χ4v) is 1.85. The highest BCUT2D eigenvalue weighted by molar-refractivity contribution is 5.19. The third-order valence-corrected chi connectivity index (χ3v) is 2.77. The molecule has 2 rings (SSSR count). The first-order valence-electron chi connectivity index (χ1n) is 5.89. The molecule has 2 aromatic rings. The molecule has 0 saturated heterocycles. The maximum Gasteiger partial charge on any atom is 0.0835 e. The molecule has 0 aliphatic heterocycles. The Hall–Kier alpha value is -1.64. The van der Waals surface area contributed by atoms with Crippen LogP contribution in [0.1, 0.15) is 17.3 Å². The molecule has 0 spiro atoms. The molecule has 2 heteroatoms. The maximum atomic E-state index is 3.49. The van der Waals surface area contributed by atoms with Gasteiger partial charge in [0.05, 0.1) is 6.17 Å². The molecule has 0 radical (unpaired) electrons. The van der Waals surface area contributed by atoms with Gasteiger partial charge in [-0.05, 0) is 18.2 Å². The molecule has 1 atom stereocenters. The number of rotatable bonds is 5. The van der Waals surface area contributed by atoms with Crippen molar-refractivity contribution < 1.29 is 0 Å². The van der Waals surface area contributed by atoms with Crippen LogP contribution in [0, 0.1) is 0 Å². The molecule has 17 heavy (non-hydrogen) atoms. The topological polar surface area (TPSA) is 24.1 Å². The molecular weight excluding hydrogens is 208 g/mol. The van der Waals surface area contributed by atoms with Crippen LogP contribution in [0.4, 0.5) is 0 Å². The van der Waals surface area contributed by atoms with Gasteiger partial charge in [-0.2, -0.15) is 0 Å². The largest absolute Gasteiger partial charge is 0.301 e. The summed E-state index contributed by atoms with van der Waals surface area (Å²) >= 11 is 0. The van der Waals surface area contributed by atoms with Crippen molar-refractivity contribution >= 4 is 0 Å². The maximum absolute atomic E-state index is 3.49. The number of nitrogens with one attached hydrogen (secondary N) is 2. The molecule has 1 unspecified atom stereocenters. The van der Waals surface area contributed by atoms with Crippen LogP contribution in [0.15, 0.2) is 60.7 Å². The molecule has 0 aliphatic carbocycles. The van der Waals surface area contributed by atoms with Crippen LogP contribution < -0.4 is 10.6 Å². The van der Waals surface area contributed by atoms with Crippen molar-refractivity contribution in [2.24, 2.45) is 0 Å². The van der Waals surface area contributed by atoms with E-state index in [1.807, 2.05) is 19.2 Å². The Labute approximate surface area is 103 Å². The lowest BCUT2D eigenvalue weighted by atomic mass is 10.1. The normalized spacial score (nSPS) is 12.3. The van der Waals surface area contributed by atoms with Crippen LogP contribution in [0.25, 0.3) is 0 Å². The van der Waals surface area contributed by atoms with Crippen LogP contribution in [0.2, 0.25) is 0 Å². The third kappa shape index (κ3) is 3.41. The summed E-state index contributed by atoms with van der Waals surface area (Å²) in [4.78, 5) is 0. The minimum absolute atomic E-state index is 0.191. The first-order chi connectivity index (χ1) is 8.40. The predicted molar refractivity (Wildman–Crippen MR) is 71.5 cm³/mol. The zero-order valence-corrected chi connectivity index (χ0v) is 10.1. The van der Waals surface area contributed by atoms with Crippen molar-refractivity contribution in [3.8, 4) is 0 Å². The first-order valence-corrected chi connectivity index (χ1v) is 5.89. The van der Waals surface area contributed by atoms with E-state index in [1.165, 1.54) is 11.1 Å². The SMILES string of the molecule is CNC(NCc1ccccc1)c1ccccc1. The molecule has 2 aromatic carbocycles. The fraction of sp³-hybridized carbons (Fsp3) is 0.200. The second-order valence-corrected chi connectivity index (χ2v) is 4.00. The van der Waals surface area contributed by atoms with E-state index in [0.717, 1.165) is 6.54 Å². The van der Waals surface area contributed by atoms with Crippen LogP contribution in [-0.4, -0.2) is 7.05 Å². The van der Waals surface area contributed by atoms with Crippen molar-refractivity contribution in [1.82, 2.24) is 10.6 Å². The van der Waals surface area contributed by atoms with Gasteiger partial charge in [0.25, 0.3) is 0 Å². The van der Waals surface area contributed by atoms with E-state index in [9.17, 15) is 0 Å². The monoisotopic (exact) mass is 226 g/mol. The molecule has 0 bridgehead atoms. The average molecular weight is 226 g/mol. The minimum Gasteiger partial charge on any atom is -0.301 e. The van der Waals surface area contributed by atoms with Crippen LogP contribution in [0.3, 0.4) is 0 Å². The number of hydrogen-bond acceptors (Lipinski definition) is 2. The summed E-state index contributed by atoms with van der Waals surface area (Å²) in [5.74, 6) is 0. The van der Waals surface area contributed by atoms with Gasteiger partial charge in [-0.3, -0.25) is 5.32 Å². The molecule has 0 saturated carbocycles. The molecular formula is C15H18N2. The van der Waals surface area contributed by atoms with Gasteiger partial charge in [0.2, 0.25) is 0 Å². The van der Waals surface area contributed by atoms with E-state index >= 15 is 0 Å². The van der Waals surface area contributed by atoms with Gasteiger partial charge in [0.15, 0.2) is 0 Å². The van der Waals surface area contributed by atoms with Gasteiger partial charge in [-0.1, -0.05) is 60.7 Å². The van der Waals surface area contributed by atoms with E-state index < -0.39 is 0 Å². The molecule has 0 aliphatic rings. The molecule has 0 fully saturated rings. The van der Waals surface area contributed by atoms with E-state index in [2.05, 4.69) is 59.2 Å². The molecule has 88 valence electrons. The predicted octanol–water partition coefficient (Wildman–Crippen LogP) is 2.69. The van der Waals surface area contributed by atoms with Gasteiger partial charge < -0.3 is 5.32 Å². The lowest BCUT2D eigenvalue weighted by Gasteiger charge is -2.18. The zero-order valence-electron chi connectivity index (χ0n) is 10.1. The quantitative estimate of drug-likeness (QED) is 0.766. The summed E-state index contributed by atoms with van der Waals surface area (Å²) < 4.78 is 0. The molecule has 0 aromatic heterocycles. The van der Waals surface area contributed by atoms with Crippen molar-refractivity contribution in [1.29, 1.82) is 0 Å². The fourth-order valence-electron chi connectivity index (χ4n) is 1.85. The van der Waals surface area contributed by atoms with Crippen molar-refractivity contribution in [2.45, 2.75) is 12.7 Å². The Balaban J connectivity index is 1.97. The first kappa shape index (κ1) is 11.8. The Kier molecular flexibility index (Phi) is 4.30. The van der Waals surface area contributed by atoms with Crippen molar-refractivity contribution in [3.63, 3.8) is 0 Å². The van der Waals surface area contributed by atoms with E-state index in [0.29, 0.717) is 0 Å². The summed E-state index contributed by atoms with van der Waals surface area (Å²) in [6.45, 7) is 0.862. The zero-order chi connectivity index (χ0) is 11.9. The third-order valence-electron chi connectivity index (χ3n) is 2.77. The Morgan fingerprint density at radius 1 is 0.882 bits per heavy atom. The number of benzene rings is 2. The average Bonchev–Trinajstić information content (AvgIpc) is 2.42. The van der Waals surface area contributed by atoms with Gasteiger partial charge in [0, 0.05) is 6.54 Å². The smallest absolute Gasteiger partial charge is 0.0835 e. The van der Waals surface area contributed by atoms with Gasteiger partial charge in [0.1, 0.15) is 0 Å². The Morgan fingerprint density at radius 2 is 1.47 bits per heavy atom. The van der Waals surface area contributed by atoms with Gasteiger partial charge >= 0.3 is 0 Å². The highest BCUT2D eigenvalue weighted by Crippen LogP contribution is 2.09. The van der Waals surface area contributed by atoms with Gasteiger partial charge in [-0.15, -0.1) is 0 Å². The van der Waals surface area contributed by atoms with Crippen LogP contribution >= 0.6 is 0 Å². The second kappa shape index (κ2) is 6.18. The summed E-state index contributed by atoms with van der Waals surface area (Å²) in [5.41, 5.74) is 2.55. The molecule has 0 amide bonds. The highest BCUT2D eigenvalue weighted by atomic mass is 15.1. The second-order valence-electron chi connectivity index (χ2n) is 4.00. The Bertz CT molecular complexity index is 425. The van der Waals surface area contributed by atoms with Gasteiger partial charge in [-0.25, -0.2) is 0 Å². The van der Waals surface area contributed by atoms with E-state index in [4.69, 9.17) is 0 Å². The molecule has 2 N–H and O–H groups in total. The molecule has 0 heterocycles. The van der Waals surface area contributed by atoms with E-state index in [1.54, 1.807) is 0 Å². The minimum atomic E-state index is 0.191. The van der Waals surface area contributed by atoms with Crippen LogP contribution in [0.5, 0.6) is 0 Å². The lowest BCUT2D eigenvalue weighted by molar-refractivity contribution is 0.473. The highest BCUT2D eigenvalue weighted by Gasteiger charge is 2.06. The van der Waals surface area contributed by atoms with Crippen LogP contribution in [-0.2, 0) is 6.54 Å². The van der Waals surface area contributed by atoms with Crippen molar-refractivity contribution in [2.75, 3.05) is 7.05 Å². The van der Waals surface area contributed by atoms with E-state index in [-0.39, 0.29) is 6.17 Å². The summed E-state index contributed by atoms with van der Waals surface area (Å²) in [5, 5.41) is 6.77. The summed E-state index contributed by atoms with van der Waals surface area (Å²) in [6.07, 6.45) is 0.191. The van der Waals surface area contributed by atoms with Crippen molar-refractivity contribution in [3.05, 3.63) is 71.8 Å². The number of hydrogen-bond donors (Lipinski definition) is 2. The molecule has 2 nitrogen and oxygen atoms in total. The summed E-state index contributed by atoms with van der Waals surface area (Å²) in [6, 6.07) is 20.8. The lowest BCUT2D eigenvalue weighted by Crippen LogP contribution is -2.31.